The summed E-state index contributed by atoms with van der Waals surface area (Å²) in [5.74, 6) is 0.131. The zero-order chi connectivity index (χ0) is 15.0. The topological polar surface area (TPSA) is 80.3 Å². The molecule has 1 N–H and O–H groups in total. The van der Waals surface area contributed by atoms with Crippen molar-refractivity contribution >= 4 is 19.7 Å². The van der Waals surface area contributed by atoms with Crippen molar-refractivity contribution in [2.75, 3.05) is 17.8 Å². The first-order chi connectivity index (χ1) is 9.19. The van der Waals surface area contributed by atoms with Crippen molar-refractivity contribution in [3.8, 4) is 0 Å². The molecule has 0 spiro atoms. The predicted molar refractivity (Wildman–Crippen MR) is 78.2 cm³/mol. The molecule has 0 aromatic heterocycles. The number of rotatable bonds is 4. The summed E-state index contributed by atoms with van der Waals surface area (Å²) >= 11 is 0. The summed E-state index contributed by atoms with van der Waals surface area (Å²) in [6, 6.07) is 6.57. The smallest absolute Gasteiger partial charge is 0.178 e. The summed E-state index contributed by atoms with van der Waals surface area (Å²) in [4.78, 5) is 0.357. The molecule has 0 radical (unpaired) electrons. The van der Waals surface area contributed by atoms with E-state index >= 15 is 0 Å². The minimum absolute atomic E-state index is 0.0401. The van der Waals surface area contributed by atoms with Crippen molar-refractivity contribution in [3.63, 3.8) is 0 Å². The van der Waals surface area contributed by atoms with Gasteiger partial charge in [0.15, 0.2) is 9.84 Å². The highest BCUT2D eigenvalue weighted by Gasteiger charge is 2.30. The molecule has 0 saturated heterocycles. The summed E-state index contributed by atoms with van der Waals surface area (Å²) in [5, 5.41) is 3.23. The van der Waals surface area contributed by atoms with Crippen LogP contribution in [0.25, 0.3) is 0 Å². The third-order valence-electron chi connectivity index (χ3n) is 3.34. The molecule has 0 fully saturated rings. The monoisotopic (exact) mass is 317 g/mol. The Labute approximate surface area is 120 Å². The second-order valence-corrected chi connectivity index (χ2v) is 9.62. The zero-order valence-corrected chi connectivity index (χ0v) is 13.2. The fourth-order valence-corrected chi connectivity index (χ4v) is 5.23. The number of hydrogen-bond donors (Lipinski definition) is 1. The van der Waals surface area contributed by atoms with Crippen molar-refractivity contribution in [1.82, 2.24) is 5.32 Å². The maximum Gasteiger partial charge on any atom is 0.178 e. The Morgan fingerprint density at radius 1 is 1.35 bits per heavy atom. The first-order valence-electron chi connectivity index (χ1n) is 6.44. The molecule has 1 aromatic carbocycles. The van der Waals surface area contributed by atoms with Gasteiger partial charge in [-0.25, -0.2) is 16.8 Å². The van der Waals surface area contributed by atoms with Crippen molar-refractivity contribution in [1.29, 1.82) is 0 Å². The Morgan fingerprint density at radius 3 is 2.65 bits per heavy atom. The van der Waals surface area contributed by atoms with Gasteiger partial charge < -0.3 is 5.32 Å². The van der Waals surface area contributed by atoms with Crippen molar-refractivity contribution in [2.24, 2.45) is 0 Å². The first-order valence-corrected chi connectivity index (χ1v) is 10.2. The van der Waals surface area contributed by atoms with Crippen LogP contribution in [0.5, 0.6) is 0 Å². The van der Waals surface area contributed by atoms with Crippen LogP contribution in [-0.4, -0.2) is 40.6 Å². The maximum atomic E-state index is 12.0. The second kappa shape index (κ2) is 5.46. The van der Waals surface area contributed by atoms with E-state index < -0.39 is 19.7 Å². The molecule has 0 saturated carbocycles. The highest BCUT2D eigenvalue weighted by atomic mass is 32.2. The molecule has 0 aliphatic carbocycles. The lowest BCUT2D eigenvalue weighted by Gasteiger charge is -2.28. The van der Waals surface area contributed by atoms with E-state index in [9.17, 15) is 16.8 Å². The molecule has 2 rings (SSSR count). The van der Waals surface area contributed by atoms with E-state index in [4.69, 9.17) is 0 Å². The van der Waals surface area contributed by atoms with Gasteiger partial charge in [-0.2, -0.15) is 0 Å². The Bertz CT molecular complexity index is 695. The molecule has 1 heterocycles. The van der Waals surface area contributed by atoms with E-state index in [0.717, 1.165) is 5.56 Å². The van der Waals surface area contributed by atoms with Crippen molar-refractivity contribution in [2.45, 2.75) is 30.3 Å². The molecule has 0 amide bonds. The van der Waals surface area contributed by atoms with E-state index in [1.807, 2.05) is 0 Å². The lowest BCUT2D eigenvalue weighted by molar-refractivity contribution is 0.448. The second-order valence-electron chi connectivity index (χ2n) is 5.36. The van der Waals surface area contributed by atoms with Crippen LogP contribution in [0.3, 0.4) is 0 Å². The van der Waals surface area contributed by atoms with E-state index in [1.54, 1.807) is 31.2 Å². The lowest BCUT2D eigenvalue weighted by Crippen LogP contribution is -2.38. The largest absolute Gasteiger partial charge is 0.306 e. The summed E-state index contributed by atoms with van der Waals surface area (Å²) in [6.45, 7) is 1.80. The molecule has 20 heavy (non-hydrogen) atoms. The first kappa shape index (κ1) is 15.5. The molecule has 2 unspecified atom stereocenters. The number of benzene rings is 1. The van der Waals surface area contributed by atoms with Crippen LogP contribution in [0.2, 0.25) is 0 Å². The highest BCUT2D eigenvalue weighted by molar-refractivity contribution is 7.91. The number of sulfone groups is 2. The van der Waals surface area contributed by atoms with Crippen LogP contribution < -0.4 is 5.32 Å². The average Bonchev–Trinajstić information content (AvgIpc) is 2.31. The Hall–Kier alpha value is -0.920. The molecule has 7 heteroatoms. The van der Waals surface area contributed by atoms with Gasteiger partial charge in [0.1, 0.15) is 9.84 Å². The molecule has 1 aromatic rings. The van der Waals surface area contributed by atoms with Gasteiger partial charge in [0.2, 0.25) is 0 Å². The number of nitrogens with one attached hydrogen (secondary N) is 1. The minimum Gasteiger partial charge on any atom is -0.306 e. The summed E-state index contributed by atoms with van der Waals surface area (Å²) in [7, 11) is -6.26. The highest BCUT2D eigenvalue weighted by Crippen LogP contribution is 2.32. The zero-order valence-electron chi connectivity index (χ0n) is 11.5. The van der Waals surface area contributed by atoms with Crippen LogP contribution in [-0.2, 0) is 19.7 Å². The quantitative estimate of drug-likeness (QED) is 0.893. The predicted octanol–water partition coefficient (Wildman–Crippen LogP) is 0.928. The Balaban J connectivity index is 2.23. The molecule has 1 aliphatic heterocycles. The molecular weight excluding hydrogens is 298 g/mol. The summed E-state index contributed by atoms with van der Waals surface area (Å²) < 4.78 is 46.6. The molecule has 5 nitrogen and oxygen atoms in total. The van der Waals surface area contributed by atoms with Gasteiger partial charge in [-0.15, -0.1) is 0 Å². The molecule has 0 bridgehead atoms. The van der Waals surface area contributed by atoms with Gasteiger partial charge in [0, 0.05) is 18.3 Å². The minimum atomic E-state index is -3.20. The normalized spacial score (nSPS) is 23.0. The Kier molecular flexibility index (Phi) is 4.22. The van der Waals surface area contributed by atoms with E-state index in [1.165, 1.54) is 6.26 Å². The number of fused-ring (bicyclic) bond motifs is 1. The van der Waals surface area contributed by atoms with E-state index in [0.29, 0.717) is 11.3 Å². The molecule has 112 valence electrons. The summed E-state index contributed by atoms with van der Waals surface area (Å²) in [6.07, 6.45) is 1.66. The van der Waals surface area contributed by atoms with Crippen molar-refractivity contribution in [3.05, 3.63) is 29.8 Å². The van der Waals surface area contributed by atoms with E-state index in [-0.39, 0.29) is 23.6 Å². The van der Waals surface area contributed by atoms with Gasteiger partial charge in [-0.1, -0.05) is 18.2 Å². The standard InChI is InChI=1S/C13H19NO4S2/c1-10(9-19(2,15)16)14-12-7-8-20(17,18)13-6-4-3-5-11(12)13/h3-6,10,12,14H,7-9H2,1-2H3. The average molecular weight is 317 g/mol. The van der Waals surface area contributed by atoms with E-state index in [2.05, 4.69) is 5.32 Å². The molecule has 1 aliphatic rings. The van der Waals surface area contributed by atoms with Gasteiger partial charge in [-0.3, -0.25) is 0 Å². The SMILES string of the molecule is CC(CS(C)(=O)=O)NC1CCS(=O)(=O)c2ccccc21. The summed E-state index contributed by atoms with van der Waals surface area (Å²) in [5.41, 5.74) is 0.735. The molecule has 2 atom stereocenters. The third kappa shape index (κ3) is 3.59. The third-order valence-corrected chi connectivity index (χ3v) is 6.26. The van der Waals surface area contributed by atoms with Gasteiger partial charge in [0.25, 0.3) is 0 Å². The maximum absolute atomic E-state index is 12.0. The molecular formula is C13H19NO4S2. The van der Waals surface area contributed by atoms with Crippen LogP contribution in [0.15, 0.2) is 29.2 Å². The van der Waals surface area contributed by atoms with Crippen molar-refractivity contribution < 1.29 is 16.8 Å². The number of hydrogen-bond acceptors (Lipinski definition) is 5. The van der Waals surface area contributed by atoms with Crippen LogP contribution in [0.1, 0.15) is 24.9 Å². The van der Waals surface area contributed by atoms with Gasteiger partial charge in [0.05, 0.1) is 16.4 Å². The van der Waals surface area contributed by atoms with Gasteiger partial charge >= 0.3 is 0 Å². The van der Waals surface area contributed by atoms with Crippen LogP contribution in [0, 0.1) is 0 Å². The fraction of sp³-hybridized carbons (Fsp3) is 0.538. The lowest BCUT2D eigenvalue weighted by atomic mass is 10.0. The Morgan fingerprint density at radius 2 is 2.00 bits per heavy atom. The van der Waals surface area contributed by atoms with Gasteiger partial charge in [-0.05, 0) is 25.0 Å². The van der Waals surface area contributed by atoms with Crippen LogP contribution in [0.4, 0.5) is 0 Å². The fourth-order valence-electron chi connectivity index (χ4n) is 2.61. The van der Waals surface area contributed by atoms with Crippen LogP contribution >= 0.6 is 0 Å².